The van der Waals surface area contributed by atoms with Crippen LogP contribution >= 0.6 is 22.9 Å². The highest BCUT2D eigenvalue weighted by atomic mass is 35.5. The topological polar surface area (TPSA) is 12.0 Å². The van der Waals surface area contributed by atoms with Gasteiger partial charge < -0.3 is 5.32 Å². The summed E-state index contributed by atoms with van der Waals surface area (Å²) in [5.41, 5.74) is 0.359. The molecule has 1 N–H and O–H groups in total. The number of halogens is 1. The van der Waals surface area contributed by atoms with Crippen LogP contribution in [0.2, 0.25) is 4.34 Å². The predicted molar refractivity (Wildman–Crippen MR) is 79.2 cm³/mol. The van der Waals surface area contributed by atoms with E-state index in [1.54, 1.807) is 11.3 Å². The molecule has 1 unspecified atom stereocenters. The molecular formula is C14H24ClNS. The van der Waals surface area contributed by atoms with Crippen molar-refractivity contribution in [3.05, 3.63) is 21.3 Å². The molecule has 0 fully saturated rings. The molecule has 1 aromatic heterocycles. The molecule has 0 spiro atoms. The molecule has 0 saturated carbocycles. The SMILES string of the molecule is CCCNCC(C)(CCC)Cc1ccc(Cl)s1. The van der Waals surface area contributed by atoms with E-state index in [-0.39, 0.29) is 0 Å². The molecule has 0 amide bonds. The van der Waals surface area contributed by atoms with Gasteiger partial charge in [-0.05, 0) is 43.4 Å². The number of hydrogen-bond donors (Lipinski definition) is 1. The minimum atomic E-state index is 0.359. The van der Waals surface area contributed by atoms with E-state index in [0.717, 1.165) is 23.8 Å². The first-order chi connectivity index (χ1) is 8.09. The fourth-order valence-electron chi connectivity index (χ4n) is 2.28. The summed E-state index contributed by atoms with van der Waals surface area (Å²) in [6, 6.07) is 4.17. The van der Waals surface area contributed by atoms with Crippen LogP contribution < -0.4 is 5.32 Å². The zero-order valence-electron chi connectivity index (χ0n) is 11.2. The van der Waals surface area contributed by atoms with Crippen LogP contribution in [0.1, 0.15) is 44.9 Å². The molecule has 0 aliphatic heterocycles. The molecule has 1 nitrogen and oxygen atoms in total. The molecule has 0 aliphatic carbocycles. The van der Waals surface area contributed by atoms with Gasteiger partial charge >= 0.3 is 0 Å². The molecule has 1 heterocycles. The summed E-state index contributed by atoms with van der Waals surface area (Å²) in [5.74, 6) is 0. The van der Waals surface area contributed by atoms with Gasteiger partial charge in [-0.25, -0.2) is 0 Å². The van der Waals surface area contributed by atoms with Gasteiger partial charge in [0.05, 0.1) is 4.34 Å². The Kier molecular flexibility index (Phi) is 6.53. The average molecular weight is 274 g/mol. The third-order valence-electron chi connectivity index (χ3n) is 3.06. The maximum atomic E-state index is 6.00. The molecule has 3 heteroatoms. The van der Waals surface area contributed by atoms with E-state index in [4.69, 9.17) is 11.6 Å². The van der Waals surface area contributed by atoms with Gasteiger partial charge in [-0.3, -0.25) is 0 Å². The van der Waals surface area contributed by atoms with Gasteiger partial charge in [0.1, 0.15) is 0 Å². The summed E-state index contributed by atoms with van der Waals surface area (Å²) in [6.07, 6.45) is 4.84. The Morgan fingerprint density at radius 1 is 1.29 bits per heavy atom. The molecule has 17 heavy (non-hydrogen) atoms. The normalized spacial score (nSPS) is 14.8. The second-order valence-corrected chi connectivity index (χ2v) is 6.92. The van der Waals surface area contributed by atoms with Crippen LogP contribution in [0.3, 0.4) is 0 Å². The second-order valence-electron chi connectivity index (χ2n) is 5.12. The molecule has 0 radical (unpaired) electrons. The van der Waals surface area contributed by atoms with Gasteiger partial charge in [0.25, 0.3) is 0 Å². The minimum absolute atomic E-state index is 0.359. The fraction of sp³-hybridized carbons (Fsp3) is 0.714. The van der Waals surface area contributed by atoms with Crippen molar-refractivity contribution in [3.8, 4) is 0 Å². The monoisotopic (exact) mass is 273 g/mol. The number of thiophene rings is 1. The predicted octanol–water partition coefficient (Wildman–Crippen LogP) is 4.75. The molecule has 1 aromatic rings. The highest BCUT2D eigenvalue weighted by Gasteiger charge is 2.24. The molecule has 98 valence electrons. The molecule has 1 rings (SSSR count). The number of nitrogens with one attached hydrogen (secondary N) is 1. The van der Waals surface area contributed by atoms with Crippen molar-refractivity contribution >= 4 is 22.9 Å². The van der Waals surface area contributed by atoms with Crippen molar-refractivity contribution < 1.29 is 0 Å². The van der Waals surface area contributed by atoms with Crippen LogP contribution in [0.15, 0.2) is 12.1 Å². The Morgan fingerprint density at radius 3 is 2.59 bits per heavy atom. The Balaban J connectivity index is 2.56. The first-order valence-corrected chi connectivity index (χ1v) is 7.74. The largest absolute Gasteiger partial charge is 0.316 e. The summed E-state index contributed by atoms with van der Waals surface area (Å²) in [4.78, 5) is 1.41. The Hall–Kier alpha value is -0.0500. The van der Waals surface area contributed by atoms with E-state index >= 15 is 0 Å². The van der Waals surface area contributed by atoms with Crippen molar-refractivity contribution in [1.82, 2.24) is 5.32 Å². The van der Waals surface area contributed by atoms with Crippen LogP contribution in [0.5, 0.6) is 0 Å². The lowest BCUT2D eigenvalue weighted by Gasteiger charge is -2.29. The van der Waals surface area contributed by atoms with Crippen molar-refractivity contribution in [2.24, 2.45) is 5.41 Å². The molecule has 1 atom stereocenters. The van der Waals surface area contributed by atoms with Crippen molar-refractivity contribution in [2.75, 3.05) is 13.1 Å². The van der Waals surface area contributed by atoms with Crippen molar-refractivity contribution in [1.29, 1.82) is 0 Å². The van der Waals surface area contributed by atoms with Gasteiger partial charge in [-0.1, -0.05) is 38.8 Å². The first kappa shape index (κ1) is 15.0. The highest BCUT2D eigenvalue weighted by molar-refractivity contribution is 7.16. The van der Waals surface area contributed by atoms with Gasteiger partial charge in [0, 0.05) is 11.4 Å². The van der Waals surface area contributed by atoms with E-state index in [9.17, 15) is 0 Å². The van der Waals surface area contributed by atoms with Crippen LogP contribution in [0, 0.1) is 5.41 Å². The van der Waals surface area contributed by atoms with Gasteiger partial charge in [-0.15, -0.1) is 11.3 Å². The molecule has 0 aliphatic rings. The summed E-state index contributed by atoms with van der Waals surface area (Å²) in [7, 11) is 0. The lowest BCUT2D eigenvalue weighted by atomic mass is 9.81. The number of rotatable bonds is 8. The smallest absolute Gasteiger partial charge is 0.0931 e. The van der Waals surface area contributed by atoms with Gasteiger partial charge in [0.15, 0.2) is 0 Å². The standard InChI is InChI=1S/C14H24ClNS/c1-4-8-14(3,11-16-9-5-2)10-12-6-7-13(15)17-12/h6-7,16H,4-5,8-11H2,1-3H3. The van der Waals surface area contributed by atoms with Gasteiger partial charge in [0.2, 0.25) is 0 Å². The van der Waals surface area contributed by atoms with Crippen molar-refractivity contribution in [3.63, 3.8) is 0 Å². The van der Waals surface area contributed by atoms with Crippen LogP contribution in [-0.2, 0) is 6.42 Å². The highest BCUT2D eigenvalue weighted by Crippen LogP contribution is 2.32. The van der Waals surface area contributed by atoms with Crippen LogP contribution in [0.25, 0.3) is 0 Å². The van der Waals surface area contributed by atoms with E-state index in [1.165, 1.54) is 24.1 Å². The minimum Gasteiger partial charge on any atom is -0.316 e. The lowest BCUT2D eigenvalue weighted by Crippen LogP contribution is -2.33. The van der Waals surface area contributed by atoms with Crippen molar-refractivity contribution in [2.45, 2.75) is 46.5 Å². The van der Waals surface area contributed by atoms with E-state index < -0.39 is 0 Å². The van der Waals surface area contributed by atoms with Crippen LogP contribution in [-0.4, -0.2) is 13.1 Å². The lowest BCUT2D eigenvalue weighted by molar-refractivity contribution is 0.277. The summed E-state index contributed by atoms with van der Waals surface area (Å²) < 4.78 is 0.903. The second kappa shape index (κ2) is 7.40. The third kappa shape index (κ3) is 5.41. The third-order valence-corrected chi connectivity index (χ3v) is 4.29. The summed E-state index contributed by atoms with van der Waals surface area (Å²) in [5, 5.41) is 3.56. The van der Waals surface area contributed by atoms with E-state index in [0.29, 0.717) is 5.41 Å². The Morgan fingerprint density at radius 2 is 2.06 bits per heavy atom. The Labute approximate surface area is 115 Å². The molecule has 0 aromatic carbocycles. The summed E-state index contributed by atoms with van der Waals surface area (Å²) in [6.45, 7) is 9.07. The Bertz CT molecular complexity index is 324. The zero-order valence-corrected chi connectivity index (χ0v) is 12.8. The maximum Gasteiger partial charge on any atom is 0.0931 e. The maximum absolute atomic E-state index is 6.00. The van der Waals surface area contributed by atoms with E-state index in [1.807, 2.05) is 6.07 Å². The fourth-order valence-corrected chi connectivity index (χ4v) is 3.58. The first-order valence-electron chi connectivity index (χ1n) is 6.54. The van der Waals surface area contributed by atoms with Crippen LogP contribution in [0.4, 0.5) is 0 Å². The number of hydrogen-bond acceptors (Lipinski definition) is 2. The van der Waals surface area contributed by atoms with E-state index in [2.05, 4.69) is 32.2 Å². The quantitative estimate of drug-likeness (QED) is 0.674. The summed E-state index contributed by atoms with van der Waals surface area (Å²) >= 11 is 7.71. The zero-order chi connectivity index (χ0) is 12.7. The molecule has 0 bridgehead atoms. The average Bonchev–Trinajstić information content (AvgIpc) is 2.64. The molecule has 0 saturated heterocycles. The molecular weight excluding hydrogens is 250 g/mol. The van der Waals surface area contributed by atoms with Gasteiger partial charge in [-0.2, -0.15) is 0 Å².